The standard InChI is InChI=1S/C23H30FN3O/c1-2-26-12-14-27(15-13-26)22-16-20(17-8-10-18(24)11-9-17)19-6-4-3-5-7-21(28)23(19)25-22/h8-11,16,21,28H,2-7,12-15H2,1H3. The number of hydrogen-bond acceptors (Lipinski definition) is 4. The van der Waals surface area contributed by atoms with Crippen molar-refractivity contribution in [1.29, 1.82) is 0 Å². The molecular formula is C23H30FN3O. The first-order chi connectivity index (χ1) is 13.7. The van der Waals surface area contributed by atoms with Crippen LogP contribution < -0.4 is 4.90 Å². The van der Waals surface area contributed by atoms with E-state index in [1.165, 1.54) is 12.1 Å². The fourth-order valence-electron chi connectivity index (χ4n) is 4.41. The van der Waals surface area contributed by atoms with Gasteiger partial charge in [0.25, 0.3) is 0 Å². The number of aliphatic hydroxyl groups is 1. The van der Waals surface area contributed by atoms with Crippen LogP contribution in [0.2, 0.25) is 0 Å². The Labute approximate surface area is 167 Å². The predicted molar refractivity (Wildman–Crippen MR) is 111 cm³/mol. The number of piperazine rings is 1. The van der Waals surface area contributed by atoms with Crippen molar-refractivity contribution in [2.24, 2.45) is 0 Å². The quantitative estimate of drug-likeness (QED) is 0.863. The Hall–Kier alpha value is -1.98. The van der Waals surface area contributed by atoms with E-state index in [2.05, 4.69) is 22.8 Å². The molecule has 2 aliphatic rings. The minimum atomic E-state index is -0.522. The van der Waals surface area contributed by atoms with Crippen molar-refractivity contribution in [3.63, 3.8) is 0 Å². The van der Waals surface area contributed by atoms with E-state index < -0.39 is 6.10 Å². The van der Waals surface area contributed by atoms with Crippen LogP contribution in [0.1, 0.15) is 50.0 Å². The summed E-state index contributed by atoms with van der Waals surface area (Å²) in [6.07, 6.45) is 4.41. The van der Waals surface area contributed by atoms with Crippen molar-refractivity contribution in [3.05, 3.63) is 47.4 Å². The third-order valence-corrected chi connectivity index (χ3v) is 6.16. The molecule has 1 aliphatic carbocycles. The summed E-state index contributed by atoms with van der Waals surface area (Å²) in [5.74, 6) is 0.713. The van der Waals surface area contributed by atoms with Gasteiger partial charge in [0.1, 0.15) is 11.6 Å². The summed E-state index contributed by atoms with van der Waals surface area (Å²) in [7, 11) is 0. The van der Waals surface area contributed by atoms with E-state index in [9.17, 15) is 9.50 Å². The Morgan fingerprint density at radius 3 is 2.54 bits per heavy atom. The second kappa shape index (κ2) is 8.58. The van der Waals surface area contributed by atoms with Gasteiger partial charge in [-0.3, -0.25) is 0 Å². The van der Waals surface area contributed by atoms with E-state index >= 15 is 0 Å². The molecule has 1 saturated heterocycles. The minimum Gasteiger partial charge on any atom is -0.387 e. The Balaban J connectivity index is 1.77. The largest absolute Gasteiger partial charge is 0.387 e. The highest BCUT2D eigenvalue weighted by molar-refractivity contribution is 5.72. The lowest BCUT2D eigenvalue weighted by atomic mass is 9.89. The fraction of sp³-hybridized carbons (Fsp3) is 0.522. The maximum Gasteiger partial charge on any atom is 0.129 e. The van der Waals surface area contributed by atoms with Crippen LogP contribution in [0.5, 0.6) is 0 Å². The molecule has 28 heavy (non-hydrogen) atoms. The Morgan fingerprint density at radius 1 is 1.07 bits per heavy atom. The second-order valence-corrected chi connectivity index (χ2v) is 7.94. The van der Waals surface area contributed by atoms with E-state index in [4.69, 9.17) is 4.98 Å². The molecule has 0 radical (unpaired) electrons. The molecule has 150 valence electrons. The van der Waals surface area contributed by atoms with Crippen LogP contribution in [0.15, 0.2) is 30.3 Å². The minimum absolute atomic E-state index is 0.225. The molecule has 1 aromatic heterocycles. The summed E-state index contributed by atoms with van der Waals surface area (Å²) in [5, 5.41) is 10.8. The molecule has 1 N–H and O–H groups in total. The summed E-state index contributed by atoms with van der Waals surface area (Å²) in [5.41, 5.74) is 4.06. The maximum atomic E-state index is 13.5. The number of aliphatic hydroxyl groups excluding tert-OH is 1. The van der Waals surface area contributed by atoms with Gasteiger partial charge in [0.05, 0.1) is 11.8 Å². The van der Waals surface area contributed by atoms with Gasteiger partial charge < -0.3 is 14.9 Å². The second-order valence-electron chi connectivity index (χ2n) is 7.94. The first-order valence-electron chi connectivity index (χ1n) is 10.6. The van der Waals surface area contributed by atoms with Crippen LogP contribution in [0, 0.1) is 5.82 Å². The van der Waals surface area contributed by atoms with Crippen molar-refractivity contribution >= 4 is 5.82 Å². The van der Waals surface area contributed by atoms with Gasteiger partial charge >= 0.3 is 0 Å². The molecule has 0 amide bonds. The third kappa shape index (κ3) is 4.06. The van der Waals surface area contributed by atoms with Gasteiger partial charge in [-0.25, -0.2) is 9.37 Å². The summed E-state index contributed by atoms with van der Waals surface area (Å²) in [6, 6.07) is 8.87. The van der Waals surface area contributed by atoms with Gasteiger partial charge in [0, 0.05) is 26.2 Å². The van der Waals surface area contributed by atoms with E-state index in [1.54, 1.807) is 0 Å². The summed E-state index contributed by atoms with van der Waals surface area (Å²) < 4.78 is 13.5. The molecule has 1 aliphatic heterocycles. The normalized spacial score (nSPS) is 21.1. The number of likely N-dealkylation sites (N-methyl/N-ethyl adjacent to an activating group) is 1. The number of benzene rings is 1. The highest BCUT2D eigenvalue weighted by Crippen LogP contribution is 2.36. The van der Waals surface area contributed by atoms with Gasteiger partial charge in [0.15, 0.2) is 0 Å². The van der Waals surface area contributed by atoms with Gasteiger partial charge in [0.2, 0.25) is 0 Å². The molecule has 1 unspecified atom stereocenters. The first-order valence-corrected chi connectivity index (χ1v) is 10.6. The number of fused-ring (bicyclic) bond motifs is 1. The lowest BCUT2D eigenvalue weighted by Crippen LogP contribution is -2.46. The highest BCUT2D eigenvalue weighted by atomic mass is 19.1. The van der Waals surface area contributed by atoms with Gasteiger partial charge in [-0.1, -0.05) is 31.9 Å². The number of anilines is 1. The molecular weight excluding hydrogens is 353 g/mol. The summed E-state index contributed by atoms with van der Waals surface area (Å²) in [4.78, 5) is 9.73. The number of halogens is 1. The summed E-state index contributed by atoms with van der Waals surface area (Å²) >= 11 is 0. The van der Waals surface area contributed by atoms with Crippen molar-refractivity contribution in [2.45, 2.75) is 45.1 Å². The van der Waals surface area contributed by atoms with Crippen molar-refractivity contribution in [1.82, 2.24) is 9.88 Å². The van der Waals surface area contributed by atoms with E-state index in [-0.39, 0.29) is 5.82 Å². The lowest BCUT2D eigenvalue weighted by Gasteiger charge is -2.35. The van der Waals surface area contributed by atoms with E-state index in [0.717, 1.165) is 93.0 Å². The highest BCUT2D eigenvalue weighted by Gasteiger charge is 2.24. The number of nitrogens with zero attached hydrogens (tertiary/aromatic N) is 3. The van der Waals surface area contributed by atoms with Gasteiger partial charge in [-0.05, 0) is 60.7 Å². The van der Waals surface area contributed by atoms with Crippen molar-refractivity contribution in [2.75, 3.05) is 37.6 Å². The maximum absolute atomic E-state index is 13.5. The molecule has 0 bridgehead atoms. The average Bonchev–Trinajstić information content (AvgIpc) is 2.72. The smallest absolute Gasteiger partial charge is 0.129 e. The average molecular weight is 384 g/mol. The Bertz CT molecular complexity index is 800. The molecule has 2 aromatic rings. The van der Waals surface area contributed by atoms with Crippen LogP contribution in [0.4, 0.5) is 10.2 Å². The topological polar surface area (TPSA) is 39.6 Å². The molecule has 1 atom stereocenters. The SMILES string of the molecule is CCN1CCN(c2cc(-c3ccc(F)cc3)c3c(n2)C(O)CCCCC3)CC1. The monoisotopic (exact) mass is 383 g/mol. The first kappa shape index (κ1) is 19.3. The van der Waals surface area contributed by atoms with Crippen LogP contribution >= 0.6 is 0 Å². The molecule has 0 spiro atoms. The molecule has 5 heteroatoms. The Morgan fingerprint density at radius 2 is 1.82 bits per heavy atom. The molecule has 4 nitrogen and oxygen atoms in total. The zero-order valence-electron chi connectivity index (χ0n) is 16.7. The molecule has 1 fully saturated rings. The van der Waals surface area contributed by atoms with Crippen LogP contribution in [0.25, 0.3) is 11.1 Å². The summed E-state index contributed by atoms with van der Waals surface area (Å²) in [6.45, 7) is 7.22. The Kier molecular flexibility index (Phi) is 5.93. The fourth-order valence-corrected chi connectivity index (χ4v) is 4.41. The van der Waals surface area contributed by atoms with Gasteiger partial charge in [-0.15, -0.1) is 0 Å². The predicted octanol–water partition coefficient (Wildman–Crippen LogP) is 4.18. The zero-order chi connectivity index (χ0) is 19.5. The van der Waals surface area contributed by atoms with Crippen LogP contribution in [-0.2, 0) is 6.42 Å². The zero-order valence-corrected chi connectivity index (χ0v) is 16.7. The molecule has 1 aromatic carbocycles. The number of aromatic nitrogens is 1. The van der Waals surface area contributed by atoms with E-state index in [0.29, 0.717) is 0 Å². The number of hydrogen-bond donors (Lipinski definition) is 1. The molecule has 2 heterocycles. The van der Waals surface area contributed by atoms with Crippen molar-refractivity contribution in [3.8, 4) is 11.1 Å². The third-order valence-electron chi connectivity index (χ3n) is 6.16. The van der Waals surface area contributed by atoms with Crippen LogP contribution in [-0.4, -0.2) is 47.7 Å². The molecule has 4 rings (SSSR count). The van der Waals surface area contributed by atoms with Crippen LogP contribution in [0.3, 0.4) is 0 Å². The van der Waals surface area contributed by atoms with Crippen molar-refractivity contribution < 1.29 is 9.50 Å². The lowest BCUT2D eigenvalue weighted by molar-refractivity contribution is 0.155. The number of rotatable bonds is 3. The molecule has 0 saturated carbocycles. The van der Waals surface area contributed by atoms with Gasteiger partial charge in [-0.2, -0.15) is 0 Å². The number of pyridine rings is 1. The van der Waals surface area contributed by atoms with E-state index in [1.807, 2.05) is 12.1 Å².